The Hall–Kier alpha value is -1.14. The predicted octanol–water partition coefficient (Wildman–Crippen LogP) is 12.5. The molecule has 292 valence electrons. The Morgan fingerprint density at radius 1 is 0.469 bits per heavy atom. The van der Waals surface area contributed by atoms with Crippen LogP contribution in [0.5, 0.6) is 0 Å². The number of aliphatic hydroxyl groups excluding tert-OH is 1. The third-order valence-corrected chi connectivity index (χ3v) is 9.86. The lowest BCUT2D eigenvalue weighted by Gasteiger charge is -2.30. The van der Waals surface area contributed by atoms with Crippen LogP contribution in [0.4, 0.5) is 0 Å². The molecule has 49 heavy (non-hydrogen) atoms. The Kier molecular flexibility index (Phi) is 34.5. The summed E-state index contributed by atoms with van der Waals surface area (Å²) < 4.78 is 11.4. The Bertz CT molecular complexity index is 721. The zero-order valence-corrected chi connectivity index (χ0v) is 33.4. The highest BCUT2D eigenvalue weighted by Crippen LogP contribution is 2.20. The first-order valence-corrected chi connectivity index (χ1v) is 21.5. The third-order valence-electron chi connectivity index (χ3n) is 9.86. The minimum atomic E-state index is -0.892. The van der Waals surface area contributed by atoms with Crippen LogP contribution < -0.4 is 5.73 Å². The first-order valence-electron chi connectivity index (χ1n) is 21.5. The van der Waals surface area contributed by atoms with Crippen LogP contribution in [0, 0.1) is 0 Å². The van der Waals surface area contributed by atoms with Crippen LogP contribution in [0.3, 0.4) is 0 Å². The summed E-state index contributed by atoms with van der Waals surface area (Å²) >= 11 is 0. The van der Waals surface area contributed by atoms with Crippen molar-refractivity contribution in [1.82, 2.24) is 0 Å². The van der Waals surface area contributed by atoms with Gasteiger partial charge in [-0.25, -0.2) is 0 Å². The van der Waals surface area contributed by atoms with Gasteiger partial charge in [0.15, 0.2) is 6.10 Å². The van der Waals surface area contributed by atoms with Crippen LogP contribution in [0.25, 0.3) is 0 Å². The molecule has 0 saturated heterocycles. The van der Waals surface area contributed by atoms with Crippen molar-refractivity contribution in [1.29, 1.82) is 0 Å². The van der Waals surface area contributed by atoms with Gasteiger partial charge in [-0.2, -0.15) is 0 Å². The minimum absolute atomic E-state index is 0.305. The van der Waals surface area contributed by atoms with Crippen molar-refractivity contribution in [2.75, 3.05) is 6.61 Å². The van der Waals surface area contributed by atoms with Gasteiger partial charge in [-0.1, -0.05) is 194 Å². The zero-order valence-electron chi connectivity index (χ0n) is 33.4. The fourth-order valence-electron chi connectivity index (χ4n) is 6.74. The van der Waals surface area contributed by atoms with Crippen molar-refractivity contribution in [2.24, 2.45) is 5.73 Å². The summed E-state index contributed by atoms with van der Waals surface area (Å²) in [5, 5.41) is 10.1. The lowest BCUT2D eigenvalue weighted by Crippen LogP contribution is -2.45. The first-order chi connectivity index (χ1) is 23.7. The zero-order chi connectivity index (χ0) is 36.3. The molecule has 2 atom stereocenters. The molecule has 0 bridgehead atoms. The Morgan fingerprint density at radius 3 is 0.959 bits per heavy atom. The van der Waals surface area contributed by atoms with Crippen LogP contribution in [0.1, 0.15) is 240 Å². The number of rotatable bonds is 38. The number of nitrogens with two attached hydrogens (primary N) is 1. The topological polar surface area (TPSA) is 98.8 Å². The average Bonchev–Trinajstić information content (AvgIpc) is 3.06. The summed E-state index contributed by atoms with van der Waals surface area (Å²) in [7, 11) is 0. The van der Waals surface area contributed by atoms with Crippen LogP contribution in [0.2, 0.25) is 0 Å². The van der Waals surface area contributed by atoms with Crippen molar-refractivity contribution in [3.63, 3.8) is 0 Å². The van der Waals surface area contributed by atoms with Crippen LogP contribution in [-0.4, -0.2) is 41.4 Å². The Balaban J connectivity index is 4.06. The lowest BCUT2D eigenvalue weighted by atomic mass is 9.95. The van der Waals surface area contributed by atoms with Gasteiger partial charge in [0.1, 0.15) is 6.10 Å². The third kappa shape index (κ3) is 35.1. The maximum Gasteiger partial charge on any atom is 0.306 e. The van der Waals surface area contributed by atoms with Crippen LogP contribution in [0.15, 0.2) is 0 Å². The molecule has 0 aromatic rings. The summed E-state index contributed by atoms with van der Waals surface area (Å²) in [5.74, 6) is -0.645. The standard InChI is InChI=1S/C43H85NO5/c1-5-7-9-11-13-15-17-19-21-23-25-27-29-31-33-35-41(46)48-39(37-43(3,4)44)40(38-45)49-42(47)36-34-32-30-28-26-24-22-20-18-16-14-12-10-8-6-2/h39-40,45H,5-38,44H2,1-4H3. The molecular formula is C43H85NO5. The second-order valence-corrected chi connectivity index (χ2v) is 15.8. The fourth-order valence-corrected chi connectivity index (χ4v) is 6.74. The molecule has 0 amide bonds. The van der Waals surface area contributed by atoms with E-state index in [1.54, 1.807) is 0 Å². The van der Waals surface area contributed by atoms with Gasteiger partial charge in [-0.15, -0.1) is 0 Å². The molecule has 0 aromatic heterocycles. The molecule has 0 aliphatic rings. The van der Waals surface area contributed by atoms with E-state index in [4.69, 9.17) is 15.2 Å². The molecule has 3 N–H and O–H groups in total. The van der Waals surface area contributed by atoms with Crippen molar-refractivity contribution < 1.29 is 24.2 Å². The largest absolute Gasteiger partial charge is 0.458 e. The van der Waals surface area contributed by atoms with Crippen molar-refractivity contribution >= 4 is 11.9 Å². The van der Waals surface area contributed by atoms with Gasteiger partial charge in [-0.3, -0.25) is 9.59 Å². The number of aliphatic hydroxyl groups is 1. The maximum absolute atomic E-state index is 12.7. The van der Waals surface area contributed by atoms with Gasteiger partial charge in [0, 0.05) is 24.8 Å². The van der Waals surface area contributed by atoms with Crippen LogP contribution in [-0.2, 0) is 19.1 Å². The van der Waals surface area contributed by atoms with E-state index in [0.717, 1.165) is 38.5 Å². The molecule has 0 fully saturated rings. The molecule has 6 heteroatoms. The molecule has 2 unspecified atom stereocenters. The molecule has 0 heterocycles. The molecule has 0 aliphatic carbocycles. The molecule has 0 radical (unpaired) electrons. The van der Waals surface area contributed by atoms with Crippen molar-refractivity contribution in [3.05, 3.63) is 0 Å². The number of unbranched alkanes of at least 4 members (excludes halogenated alkanes) is 28. The fraction of sp³-hybridized carbons (Fsp3) is 0.953. The summed E-state index contributed by atoms with van der Waals surface area (Å²) in [4.78, 5) is 25.3. The van der Waals surface area contributed by atoms with Gasteiger partial charge >= 0.3 is 11.9 Å². The van der Waals surface area contributed by atoms with E-state index in [9.17, 15) is 14.7 Å². The van der Waals surface area contributed by atoms with Gasteiger partial charge in [0.25, 0.3) is 0 Å². The normalized spacial score (nSPS) is 13.0. The number of esters is 2. The second-order valence-electron chi connectivity index (χ2n) is 15.8. The molecule has 0 saturated carbocycles. The number of hydrogen-bond donors (Lipinski definition) is 2. The van der Waals surface area contributed by atoms with Crippen LogP contribution >= 0.6 is 0 Å². The van der Waals surface area contributed by atoms with E-state index < -0.39 is 24.4 Å². The highest BCUT2D eigenvalue weighted by Gasteiger charge is 2.32. The molecule has 0 rings (SSSR count). The van der Waals surface area contributed by atoms with E-state index in [0.29, 0.717) is 19.3 Å². The summed E-state index contributed by atoms with van der Waals surface area (Å²) in [6.07, 6.45) is 37.6. The monoisotopic (exact) mass is 696 g/mol. The van der Waals surface area contributed by atoms with E-state index in [1.807, 2.05) is 13.8 Å². The van der Waals surface area contributed by atoms with Gasteiger partial charge < -0.3 is 20.3 Å². The Morgan fingerprint density at radius 2 is 0.714 bits per heavy atom. The number of hydrogen-bond acceptors (Lipinski definition) is 6. The highest BCUT2D eigenvalue weighted by molar-refractivity contribution is 5.70. The Labute approximate surface area is 305 Å². The smallest absolute Gasteiger partial charge is 0.306 e. The van der Waals surface area contributed by atoms with E-state index in [-0.39, 0.29) is 11.9 Å². The summed E-state index contributed by atoms with van der Waals surface area (Å²) in [6, 6.07) is 0. The number of ether oxygens (including phenoxy) is 2. The molecular weight excluding hydrogens is 610 g/mol. The average molecular weight is 696 g/mol. The molecule has 6 nitrogen and oxygen atoms in total. The highest BCUT2D eigenvalue weighted by atomic mass is 16.6. The maximum atomic E-state index is 12.7. The van der Waals surface area contributed by atoms with Crippen molar-refractivity contribution in [3.8, 4) is 0 Å². The first kappa shape index (κ1) is 47.9. The summed E-state index contributed by atoms with van der Waals surface area (Å²) in [6.45, 7) is 7.86. The van der Waals surface area contributed by atoms with Gasteiger partial charge in [0.2, 0.25) is 0 Å². The van der Waals surface area contributed by atoms with Crippen molar-refractivity contribution in [2.45, 2.75) is 257 Å². The van der Waals surface area contributed by atoms with E-state index in [2.05, 4.69) is 13.8 Å². The van der Waals surface area contributed by atoms with Gasteiger partial charge in [-0.05, 0) is 26.7 Å². The van der Waals surface area contributed by atoms with Gasteiger partial charge in [0.05, 0.1) is 6.61 Å². The molecule has 0 aliphatic heterocycles. The minimum Gasteiger partial charge on any atom is -0.458 e. The summed E-state index contributed by atoms with van der Waals surface area (Å²) in [5.41, 5.74) is 5.63. The van der Waals surface area contributed by atoms with E-state index in [1.165, 1.54) is 154 Å². The lowest BCUT2D eigenvalue weighted by molar-refractivity contribution is -0.173. The predicted molar refractivity (Wildman–Crippen MR) is 209 cm³/mol. The van der Waals surface area contributed by atoms with E-state index >= 15 is 0 Å². The number of carbonyl (C=O) groups excluding carboxylic acids is 2. The molecule has 0 aromatic carbocycles. The molecule has 0 spiro atoms. The quantitative estimate of drug-likeness (QED) is 0.0493. The second kappa shape index (κ2) is 35.3. The SMILES string of the molecule is CCCCCCCCCCCCCCCCCC(=O)OC(CO)C(CC(C)(C)N)OC(=O)CCCCCCCCCCCCCCCCC. The number of carbonyl (C=O) groups is 2.